The molecular formula is C23H17F7O3S. The summed E-state index contributed by atoms with van der Waals surface area (Å²) in [5.41, 5.74) is -6.53. The van der Waals surface area contributed by atoms with E-state index in [-0.39, 0.29) is 10.5 Å². The molecule has 0 saturated carbocycles. The fourth-order valence-corrected chi connectivity index (χ4v) is 4.77. The van der Waals surface area contributed by atoms with E-state index in [1.165, 1.54) is 30.3 Å². The highest BCUT2D eigenvalue weighted by atomic mass is 32.2. The van der Waals surface area contributed by atoms with Crippen molar-refractivity contribution in [2.45, 2.75) is 41.3 Å². The Kier molecular flexibility index (Phi) is 6.82. The van der Waals surface area contributed by atoms with Crippen molar-refractivity contribution >= 4 is 9.84 Å². The van der Waals surface area contributed by atoms with E-state index < -0.39 is 56.2 Å². The van der Waals surface area contributed by atoms with Gasteiger partial charge in [0.15, 0.2) is 0 Å². The highest BCUT2D eigenvalue weighted by Crippen LogP contribution is 2.54. The van der Waals surface area contributed by atoms with Gasteiger partial charge in [-0.3, -0.25) is 0 Å². The lowest BCUT2D eigenvalue weighted by Gasteiger charge is -2.38. The maximum atomic E-state index is 14.1. The van der Waals surface area contributed by atoms with Gasteiger partial charge in [-0.1, -0.05) is 36.4 Å². The molecule has 0 aliphatic rings. The SMILES string of the molecule is Cc1cc(S(=O)(=O)c2ccc(F)cc2)ccc1C(OCc1ccccc1)(C(F)(F)F)C(F)(F)F. The molecule has 182 valence electrons. The Bertz CT molecular complexity index is 1240. The van der Waals surface area contributed by atoms with E-state index in [0.29, 0.717) is 18.2 Å². The summed E-state index contributed by atoms with van der Waals surface area (Å²) in [5.74, 6) is -0.721. The van der Waals surface area contributed by atoms with Gasteiger partial charge in [-0.25, -0.2) is 12.8 Å². The number of alkyl halides is 6. The van der Waals surface area contributed by atoms with Crippen LogP contribution in [0.1, 0.15) is 16.7 Å². The first-order chi connectivity index (χ1) is 15.7. The number of aryl methyl sites for hydroxylation is 1. The minimum absolute atomic E-state index is 0.0773. The Labute approximate surface area is 190 Å². The number of hydrogen-bond donors (Lipinski definition) is 0. The molecule has 3 aromatic carbocycles. The first-order valence-corrected chi connectivity index (χ1v) is 11.1. The second kappa shape index (κ2) is 9.03. The van der Waals surface area contributed by atoms with Crippen LogP contribution < -0.4 is 0 Å². The summed E-state index contributed by atoms with van der Waals surface area (Å²) in [5, 5.41) is 0. The molecule has 0 unspecified atom stereocenters. The zero-order valence-electron chi connectivity index (χ0n) is 17.4. The number of ether oxygens (including phenoxy) is 1. The highest BCUT2D eigenvalue weighted by Gasteiger charge is 2.73. The van der Waals surface area contributed by atoms with Crippen LogP contribution in [0.4, 0.5) is 30.7 Å². The fourth-order valence-electron chi connectivity index (χ4n) is 3.42. The number of benzene rings is 3. The lowest BCUT2D eigenvalue weighted by Crippen LogP contribution is -2.56. The quantitative estimate of drug-likeness (QED) is 0.283. The summed E-state index contributed by atoms with van der Waals surface area (Å²) in [6.45, 7) is -0.0773. The second-order valence-electron chi connectivity index (χ2n) is 7.39. The van der Waals surface area contributed by atoms with Crippen LogP contribution in [0.15, 0.2) is 82.6 Å². The predicted molar refractivity (Wildman–Crippen MR) is 108 cm³/mol. The number of sulfone groups is 1. The number of rotatable bonds is 6. The van der Waals surface area contributed by atoms with Crippen molar-refractivity contribution < 1.29 is 43.9 Å². The van der Waals surface area contributed by atoms with Crippen molar-refractivity contribution in [2.24, 2.45) is 0 Å². The molecule has 0 aliphatic heterocycles. The smallest absolute Gasteiger partial charge is 0.349 e. The van der Waals surface area contributed by atoms with Gasteiger partial charge in [0, 0.05) is 5.56 Å². The number of hydrogen-bond acceptors (Lipinski definition) is 3. The third-order valence-electron chi connectivity index (χ3n) is 5.11. The van der Waals surface area contributed by atoms with E-state index >= 15 is 0 Å². The molecule has 0 N–H and O–H groups in total. The third kappa shape index (κ3) is 4.67. The largest absolute Gasteiger partial charge is 0.430 e. The van der Waals surface area contributed by atoms with Crippen LogP contribution >= 0.6 is 0 Å². The molecule has 34 heavy (non-hydrogen) atoms. The molecule has 0 heterocycles. The zero-order chi connectivity index (χ0) is 25.4. The minimum atomic E-state index is -5.93. The molecule has 0 saturated heterocycles. The van der Waals surface area contributed by atoms with Gasteiger partial charge in [0.1, 0.15) is 5.82 Å². The van der Waals surface area contributed by atoms with E-state index in [0.717, 1.165) is 31.2 Å². The Hall–Kier alpha value is -2.92. The summed E-state index contributed by atoms with van der Waals surface area (Å²) in [7, 11) is -4.34. The molecule has 3 rings (SSSR count). The van der Waals surface area contributed by atoms with Gasteiger partial charge in [-0.05, 0) is 54.4 Å². The van der Waals surface area contributed by atoms with Gasteiger partial charge >= 0.3 is 12.4 Å². The molecule has 0 aliphatic carbocycles. The van der Waals surface area contributed by atoms with E-state index in [2.05, 4.69) is 4.74 Å². The van der Waals surface area contributed by atoms with Gasteiger partial charge in [0.2, 0.25) is 9.84 Å². The molecule has 0 atom stereocenters. The maximum Gasteiger partial charge on any atom is 0.430 e. The van der Waals surface area contributed by atoms with Crippen LogP contribution in [0.2, 0.25) is 0 Å². The van der Waals surface area contributed by atoms with Gasteiger partial charge in [0.25, 0.3) is 5.60 Å². The maximum absolute atomic E-state index is 14.1. The fraction of sp³-hybridized carbons (Fsp3) is 0.217. The van der Waals surface area contributed by atoms with Crippen LogP contribution in [-0.2, 0) is 26.8 Å². The normalized spacial score (nSPS) is 13.2. The summed E-state index contributed by atoms with van der Waals surface area (Å²) in [4.78, 5) is -0.930. The molecule has 0 amide bonds. The molecule has 0 radical (unpaired) electrons. The van der Waals surface area contributed by atoms with Crippen molar-refractivity contribution in [3.8, 4) is 0 Å². The van der Waals surface area contributed by atoms with E-state index in [1.807, 2.05) is 0 Å². The molecule has 0 spiro atoms. The number of halogens is 7. The monoisotopic (exact) mass is 506 g/mol. The van der Waals surface area contributed by atoms with Crippen molar-refractivity contribution in [2.75, 3.05) is 0 Å². The van der Waals surface area contributed by atoms with Crippen molar-refractivity contribution in [3.63, 3.8) is 0 Å². The van der Waals surface area contributed by atoms with E-state index in [4.69, 9.17) is 0 Å². The van der Waals surface area contributed by atoms with E-state index in [1.54, 1.807) is 0 Å². The Balaban J connectivity index is 2.14. The molecular weight excluding hydrogens is 489 g/mol. The van der Waals surface area contributed by atoms with Crippen LogP contribution in [0.3, 0.4) is 0 Å². The first-order valence-electron chi connectivity index (χ1n) is 9.63. The van der Waals surface area contributed by atoms with Crippen LogP contribution in [-0.4, -0.2) is 20.8 Å². The molecule has 3 aromatic rings. The Morgan fingerprint density at radius 3 is 1.79 bits per heavy atom. The zero-order valence-corrected chi connectivity index (χ0v) is 18.2. The molecule has 3 nitrogen and oxygen atoms in total. The lowest BCUT2D eigenvalue weighted by molar-refractivity contribution is -0.392. The first kappa shape index (κ1) is 25.7. The third-order valence-corrected chi connectivity index (χ3v) is 6.88. The average molecular weight is 506 g/mol. The van der Waals surface area contributed by atoms with Crippen molar-refractivity contribution in [3.05, 3.63) is 95.3 Å². The summed E-state index contributed by atoms with van der Waals surface area (Å²) >= 11 is 0. The van der Waals surface area contributed by atoms with Gasteiger partial charge < -0.3 is 4.74 Å². The van der Waals surface area contributed by atoms with E-state index in [9.17, 15) is 39.2 Å². The summed E-state index contributed by atoms with van der Waals surface area (Å²) in [6.07, 6.45) is -11.9. The molecule has 11 heteroatoms. The van der Waals surface area contributed by atoms with Crippen molar-refractivity contribution in [1.82, 2.24) is 0 Å². The topological polar surface area (TPSA) is 43.4 Å². The second-order valence-corrected chi connectivity index (χ2v) is 9.33. The summed E-state index contributed by atoms with van der Waals surface area (Å²) < 4.78 is 128. The highest BCUT2D eigenvalue weighted by molar-refractivity contribution is 7.91. The predicted octanol–water partition coefficient (Wildman–Crippen LogP) is 6.50. The minimum Gasteiger partial charge on any atom is -0.349 e. The molecule has 0 fully saturated rings. The van der Waals surface area contributed by atoms with Gasteiger partial charge in [-0.2, -0.15) is 26.3 Å². The standard InChI is InChI=1S/C23H17F7O3S/c1-15-13-19(34(31,32)18-9-7-17(24)8-10-18)11-12-20(15)21(22(25,26)27,23(28,29)30)33-14-16-5-3-2-4-6-16/h2-13H,14H2,1H3. The summed E-state index contributed by atoms with van der Waals surface area (Å²) in [6, 6.07) is 12.4. The van der Waals surface area contributed by atoms with Crippen LogP contribution in [0, 0.1) is 12.7 Å². The van der Waals surface area contributed by atoms with Crippen LogP contribution in [0.25, 0.3) is 0 Å². The Morgan fingerprint density at radius 2 is 1.29 bits per heavy atom. The molecule has 0 bridgehead atoms. The van der Waals surface area contributed by atoms with Gasteiger partial charge in [0.05, 0.1) is 16.4 Å². The van der Waals surface area contributed by atoms with Gasteiger partial charge in [-0.15, -0.1) is 0 Å². The van der Waals surface area contributed by atoms with Crippen LogP contribution in [0.5, 0.6) is 0 Å². The average Bonchev–Trinajstić information content (AvgIpc) is 2.74. The molecule has 0 aromatic heterocycles. The Morgan fingerprint density at radius 1 is 0.765 bits per heavy atom. The lowest BCUT2D eigenvalue weighted by atomic mass is 9.88. The van der Waals surface area contributed by atoms with Crippen molar-refractivity contribution in [1.29, 1.82) is 0 Å².